The van der Waals surface area contributed by atoms with Gasteiger partial charge in [0.2, 0.25) is 5.91 Å². The highest BCUT2D eigenvalue weighted by Crippen LogP contribution is 2.24. The molecule has 0 saturated heterocycles. The minimum absolute atomic E-state index is 0. The lowest BCUT2D eigenvalue weighted by molar-refractivity contribution is -0.114. The molecule has 0 saturated carbocycles. The molecule has 2 aromatic rings. The SMILES string of the molecule is CC(C)COc1ccccc1NC(=O)CNc1ccccc1.Cl. The molecule has 124 valence electrons. The van der Waals surface area contributed by atoms with E-state index in [1.165, 1.54) is 0 Å². The Morgan fingerprint density at radius 2 is 1.70 bits per heavy atom. The zero-order valence-corrected chi connectivity index (χ0v) is 14.2. The van der Waals surface area contributed by atoms with Gasteiger partial charge in [-0.25, -0.2) is 0 Å². The van der Waals surface area contributed by atoms with Crippen LogP contribution < -0.4 is 15.4 Å². The van der Waals surface area contributed by atoms with Crippen molar-refractivity contribution in [3.05, 3.63) is 54.6 Å². The average molecular weight is 335 g/mol. The van der Waals surface area contributed by atoms with Gasteiger partial charge in [-0.1, -0.05) is 44.2 Å². The Morgan fingerprint density at radius 3 is 2.39 bits per heavy atom. The predicted octanol–water partition coefficient (Wildman–Crippen LogP) is 4.19. The first-order valence-electron chi connectivity index (χ1n) is 7.46. The molecule has 5 heteroatoms. The number of carbonyl (C=O) groups is 1. The summed E-state index contributed by atoms with van der Waals surface area (Å²) in [6.07, 6.45) is 0. The van der Waals surface area contributed by atoms with Crippen LogP contribution in [0.1, 0.15) is 13.8 Å². The molecule has 1 amide bonds. The lowest BCUT2D eigenvalue weighted by Gasteiger charge is -2.14. The van der Waals surface area contributed by atoms with Crippen molar-refractivity contribution in [1.82, 2.24) is 0 Å². The number of nitrogens with one attached hydrogen (secondary N) is 2. The van der Waals surface area contributed by atoms with Gasteiger partial charge in [0.25, 0.3) is 0 Å². The van der Waals surface area contributed by atoms with Gasteiger partial charge in [0.05, 0.1) is 18.8 Å². The fourth-order valence-corrected chi connectivity index (χ4v) is 1.88. The number of rotatable bonds is 7. The zero-order chi connectivity index (χ0) is 15.8. The van der Waals surface area contributed by atoms with E-state index in [9.17, 15) is 4.79 Å². The fraction of sp³-hybridized carbons (Fsp3) is 0.278. The third-order valence-corrected chi connectivity index (χ3v) is 2.96. The minimum atomic E-state index is -0.107. The summed E-state index contributed by atoms with van der Waals surface area (Å²) in [6.45, 7) is 5.01. The van der Waals surface area contributed by atoms with Crippen molar-refractivity contribution in [3.8, 4) is 5.75 Å². The maximum absolute atomic E-state index is 12.0. The largest absolute Gasteiger partial charge is 0.491 e. The molecule has 2 N–H and O–H groups in total. The van der Waals surface area contributed by atoms with E-state index in [1.54, 1.807) is 0 Å². The van der Waals surface area contributed by atoms with Crippen molar-refractivity contribution in [2.45, 2.75) is 13.8 Å². The topological polar surface area (TPSA) is 50.4 Å². The third kappa shape index (κ3) is 6.61. The molecular weight excluding hydrogens is 312 g/mol. The minimum Gasteiger partial charge on any atom is -0.491 e. The smallest absolute Gasteiger partial charge is 0.243 e. The quantitative estimate of drug-likeness (QED) is 0.798. The van der Waals surface area contributed by atoms with Crippen LogP contribution in [0.3, 0.4) is 0 Å². The molecule has 23 heavy (non-hydrogen) atoms. The van der Waals surface area contributed by atoms with Gasteiger partial charge in [-0.2, -0.15) is 0 Å². The molecule has 0 spiro atoms. The van der Waals surface area contributed by atoms with Gasteiger partial charge in [0, 0.05) is 5.69 Å². The van der Waals surface area contributed by atoms with E-state index in [-0.39, 0.29) is 24.9 Å². The van der Waals surface area contributed by atoms with Crippen molar-refractivity contribution in [2.24, 2.45) is 5.92 Å². The summed E-state index contributed by atoms with van der Waals surface area (Å²) in [5, 5.41) is 5.96. The molecule has 0 unspecified atom stereocenters. The Hall–Kier alpha value is -2.20. The Morgan fingerprint density at radius 1 is 1.04 bits per heavy atom. The molecule has 0 radical (unpaired) electrons. The molecule has 0 aromatic heterocycles. The molecule has 0 heterocycles. The van der Waals surface area contributed by atoms with Crippen LogP contribution >= 0.6 is 12.4 Å². The van der Waals surface area contributed by atoms with E-state index >= 15 is 0 Å². The van der Waals surface area contributed by atoms with Crippen LogP contribution in [0.2, 0.25) is 0 Å². The van der Waals surface area contributed by atoms with Crippen LogP contribution in [0.5, 0.6) is 5.75 Å². The molecule has 0 atom stereocenters. The van der Waals surface area contributed by atoms with Gasteiger partial charge >= 0.3 is 0 Å². The number of ether oxygens (including phenoxy) is 1. The molecule has 0 aliphatic carbocycles. The number of anilines is 2. The van der Waals surface area contributed by atoms with Crippen LogP contribution in [0.25, 0.3) is 0 Å². The van der Waals surface area contributed by atoms with E-state index in [2.05, 4.69) is 24.5 Å². The van der Waals surface area contributed by atoms with Crippen molar-refractivity contribution < 1.29 is 9.53 Å². The first-order valence-corrected chi connectivity index (χ1v) is 7.46. The Labute approximate surface area is 143 Å². The Kier molecular flexibility index (Phi) is 7.98. The van der Waals surface area contributed by atoms with Crippen molar-refractivity contribution in [2.75, 3.05) is 23.8 Å². The molecule has 2 rings (SSSR count). The fourth-order valence-electron chi connectivity index (χ4n) is 1.88. The lowest BCUT2D eigenvalue weighted by Crippen LogP contribution is -2.22. The van der Waals surface area contributed by atoms with Crippen LogP contribution in [0, 0.1) is 5.92 Å². The van der Waals surface area contributed by atoms with E-state index in [0.717, 1.165) is 5.69 Å². The summed E-state index contributed by atoms with van der Waals surface area (Å²) in [6, 6.07) is 17.1. The lowest BCUT2D eigenvalue weighted by atomic mass is 10.2. The van der Waals surface area contributed by atoms with Crippen LogP contribution in [0.15, 0.2) is 54.6 Å². The van der Waals surface area contributed by atoms with Gasteiger partial charge in [-0.3, -0.25) is 4.79 Å². The number of halogens is 1. The summed E-state index contributed by atoms with van der Waals surface area (Å²) in [5.41, 5.74) is 1.62. The van der Waals surface area contributed by atoms with E-state index in [1.807, 2.05) is 54.6 Å². The second kappa shape index (κ2) is 9.74. The Balaban J connectivity index is 0.00000264. The number of carbonyl (C=O) groups excluding carboxylic acids is 1. The summed E-state index contributed by atoms with van der Waals surface area (Å²) < 4.78 is 5.73. The average Bonchev–Trinajstić information content (AvgIpc) is 2.53. The summed E-state index contributed by atoms with van der Waals surface area (Å²) in [7, 11) is 0. The predicted molar refractivity (Wildman–Crippen MR) is 97.6 cm³/mol. The van der Waals surface area contributed by atoms with E-state index < -0.39 is 0 Å². The van der Waals surface area contributed by atoms with Crippen LogP contribution in [-0.4, -0.2) is 19.1 Å². The second-order valence-electron chi connectivity index (χ2n) is 5.47. The van der Waals surface area contributed by atoms with Gasteiger partial charge in [0.1, 0.15) is 5.75 Å². The zero-order valence-electron chi connectivity index (χ0n) is 13.4. The molecule has 0 fully saturated rings. The molecule has 2 aromatic carbocycles. The van der Waals surface area contributed by atoms with Gasteiger partial charge in [0.15, 0.2) is 0 Å². The molecule has 4 nitrogen and oxygen atoms in total. The molecule has 0 bridgehead atoms. The van der Waals surface area contributed by atoms with Crippen molar-refractivity contribution in [1.29, 1.82) is 0 Å². The summed E-state index contributed by atoms with van der Waals surface area (Å²) >= 11 is 0. The number of benzene rings is 2. The highest BCUT2D eigenvalue weighted by molar-refractivity contribution is 5.95. The second-order valence-corrected chi connectivity index (χ2v) is 5.47. The highest BCUT2D eigenvalue weighted by atomic mass is 35.5. The monoisotopic (exact) mass is 334 g/mol. The normalized spacial score (nSPS) is 9.87. The first-order chi connectivity index (χ1) is 10.6. The van der Waals surface area contributed by atoms with Crippen LogP contribution in [0.4, 0.5) is 11.4 Å². The number of para-hydroxylation sites is 3. The van der Waals surface area contributed by atoms with Crippen molar-refractivity contribution >= 4 is 29.7 Å². The standard InChI is InChI=1S/C18H22N2O2.ClH/c1-14(2)13-22-17-11-7-6-10-16(17)20-18(21)12-19-15-8-4-3-5-9-15;/h3-11,14,19H,12-13H2,1-2H3,(H,20,21);1H. The third-order valence-electron chi connectivity index (χ3n) is 2.96. The molecule has 0 aliphatic rings. The number of hydrogen-bond donors (Lipinski definition) is 2. The summed E-state index contributed by atoms with van der Waals surface area (Å²) in [5.74, 6) is 1.03. The van der Waals surface area contributed by atoms with E-state index in [0.29, 0.717) is 24.0 Å². The summed E-state index contributed by atoms with van der Waals surface area (Å²) in [4.78, 5) is 12.0. The maximum Gasteiger partial charge on any atom is 0.243 e. The number of hydrogen-bond acceptors (Lipinski definition) is 3. The van der Waals surface area contributed by atoms with E-state index in [4.69, 9.17) is 4.74 Å². The molecular formula is C18H23ClN2O2. The molecule has 0 aliphatic heterocycles. The maximum atomic E-state index is 12.0. The van der Waals surface area contributed by atoms with Crippen molar-refractivity contribution in [3.63, 3.8) is 0 Å². The first kappa shape index (κ1) is 18.8. The van der Waals surface area contributed by atoms with Gasteiger partial charge in [-0.15, -0.1) is 12.4 Å². The van der Waals surface area contributed by atoms with Gasteiger partial charge < -0.3 is 15.4 Å². The van der Waals surface area contributed by atoms with Crippen LogP contribution in [-0.2, 0) is 4.79 Å². The Bertz CT molecular complexity index is 603. The highest BCUT2D eigenvalue weighted by Gasteiger charge is 2.08. The van der Waals surface area contributed by atoms with Gasteiger partial charge in [-0.05, 0) is 30.2 Å². The number of amides is 1.